The Kier molecular flexibility index (Phi) is 7.57. The number of carbonyl (C=O) groups is 2. The van der Waals surface area contributed by atoms with Crippen LogP contribution in [0.4, 0.5) is 0 Å². The maximum Gasteiger partial charge on any atom is 0.328 e. The molecule has 20 heavy (non-hydrogen) atoms. The van der Waals surface area contributed by atoms with Gasteiger partial charge in [-0.2, -0.15) is 0 Å². The van der Waals surface area contributed by atoms with Gasteiger partial charge in [-0.05, 0) is 6.92 Å². The quantitative estimate of drug-likeness (QED) is 0.218. The molecule has 0 aromatic heterocycles. The van der Waals surface area contributed by atoms with E-state index < -0.39 is 55.0 Å². The highest BCUT2D eigenvalue weighted by Gasteiger charge is 2.36. The van der Waals surface area contributed by atoms with Gasteiger partial charge >= 0.3 is 5.97 Å². The molecule has 2 unspecified atom stereocenters. The van der Waals surface area contributed by atoms with Gasteiger partial charge in [-0.15, -0.1) is 0 Å². The first-order valence-corrected chi connectivity index (χ1v) is 5.67. The smallest absolute Gasteiger partial charge is 0.328 e. The molecule has 0 saturated heterocycles. The number of rotatable bonds is 8. The van der Waals surface area contributed by atoms with Gasteiger partial charge in [-0.25, -0.2) is 4.79 Å². The van der Waals surface area contributed by atoms with E-state index in [-0.39, 0.29) is 0 Å². The van der Waals surface area contributed by atoms with E-state index in [4.69, 9.17) is 20.4 Å². The van der Waals surface area contributed by atoms with Crippen molar-refractivity contribution >= 4 is 11.9 Å². The molecule has 10 heteroatoms. The number of hydrogen-bond acceptors (Lipinski definition) is 8. The van der Waals surface area contributed by atoms with Crippen molar-refractivity contribution in [1.29, 1.82) is 0 Å². The molecule has 10 nitrogen and oxygen atoms in total. The number of carboxylic acids is 1. The summed E-state index contributed by atoms with van der Waals surface area (Å²) < 4.78 is 0. The number of amides is 1. The van der Waals surface area contributed by atoms with Crippen LogP contribution in [0.5, 0.6) is 0 Å². The topological polar surface area (TPSA) is 188 Å². The van der Waals surface area contributed by atoms with Gasteiger partial charge in [0.15, 0.2) is 12.1 Å². The zero-order chi connectivity index (χ0) is 16.0. The molecule has 0 bridgehead atoms. The average Bonchev–Trinajstić information content (AvgIpc) is 2.39. The minimum Gasteiger partial charge on any atom is -0.480 e. The normalized spacial score (nSPS) is 20.4. The molecule has 6 atom stereocenters. The summed E-state index contributed by atoms with van der Waals surface area (Å²) in [5.74, 6) is -2.93. The van der Waals surface area contributed by atoms with Crippen LogP contribution in [0.3, 0.4) is 0 Å². The third-order valence-electron chi connectivity index (χ3n) is 2.57. The fourth-order valence-electron chi connectivity index (χ4n) is 1.30. The van der Waals surface area contributed by atoms with E-state index in [2.05, 4.69) is 0 Å². The number of hydrogen-bond donors (Lipinski definition) is 8. The number of carboxylic acid groups (broad SMARTS) is 1. The molecule has 0 aliphatic carbocycles. The van der Waals surface area contributed by atoms with Gasteiger partial charge in [0.05, 0.1) is 12.7 Å². The lowest BCUT2D eigenvalue weighted by Gasteiger charge is -2.26. The summed E-state index contributed by atoms with van der Waals surface area (Å²) in [5.41, 5.74) is 0. The molecule has 0 rings (SSSR count). The Hall–Kier alpha value is -1.30. The van der Waals surface area contributed by atoms with Crippen LogP contribution in [-0.2, 0) is 9.59 Å². The van der Waals surface area contributed by atoms with Crippen LogP contribution in [0.25, 0.3) is 0 Å². The molecule has 0 saturated carbocycles. The number of aliphatic hydroxyl groups excluding tert-OH is 6. The first-order valence-electron chi connectivity index (χ1n) is 5.67. The molecule has 8 N–H and O–H groups in total. The fourth-order valence-corrected chi connectivity index (χ4v) is 1.30. The van der Waals surface area contributed by atoms with Gasteiger partial charge in [0, 0.05) is 0 Å². The highest BCUT2D eigenvalue weighted by molar-refractivity contribution is 5.86. The first-order chi connectivity index (χ1) is 9.13. The van der Waals surface area contributed by atoms with Crippen LogP contribution in [0.1, 0.15) is 6.92 Å². The molecule has 0 aliphatic rings. The molecule has 0 aromatic carbocycles. The van der Waals surface area contributed by atoms with E-state index in [9.17, 15) is 24.9 Å². The van der Waals surface area contributed by atoms with E-state index in [1.165, 1.54) is 0 Å². The lowest BCUT2D eigenvalue weighted by atomic mass is 10.0. The fraction of sp³-hybridized carbons (Fsp3) is 0.800. The summed E-state index contributed by atoms with van der Waals surface area (Å²) in [7, 11) is 0. The Balaban J connectivity index is 4.72. The number of aliphatic hydroxyl groups is 6. The molecule has 0 fully saturated rings. The van der Waals surface area contributed by atoms with E-state index in [0.717, 1.165) is 6.92 Å². The van der Waals surface area contributed by atoms with Crippen molar-refractivity contribution < 1.29 is 45.3 Å². The van der Waals surface area contributed by atoms with Crippen LogP contribution in [0.15, 0.2) is 0 Å². The first kappa shape index (κ1) is 18.7. The van der Waals surface area contributed by atoms with Gasteiger partial charge in [-0.1, -0.05) is 0 Å². The summed E-state index contributed by atoms with van der Waals surface area (Å²) in [6.45, 7) is 0.171. The van der Waals surface area contributed by atoms with Gasteiger partial charge < -0.3 is 41.1 Å². The Labute approximate surface area is 113 Å². The predicted octanol–water partition coefficient (Wildman–Crippen LogP) is -4.63. The van der Waals surface area contributed by atoms with Crippen molar-refractivity contribution in [2.75, 3.05) is 6.61 Å². The van der Waals surface area contributed by atoms with Gasteiger partial charge in [0.2, 0.25) is 0 Å². The molecule has 0 heterocycles. The highest BCUT2D eigenvalue weighted by atomic mass is 16.4. The lowest BCUT2D eigenvalue weighted by Crippen LogP contribution is -2.56. The third-order valence-corrected chi connectivity index (χ3v) is 2.57. The largest absolute Gasteiger partial charge is 0.480 e. The molecular weight excluding hydrogens is 278 g/mol. The second-order valence-electron chi connectivity index (χ2n) is 4.24. The van der Waals surface area contributed by atoms with Crippen LogP contribution in [0.2, 0.25) is 0 Å². The molecule has 118 valence electrons. The van der Waals surface area contributed by atoms with Crippen LogP contribution in [0, 0.1) is 0 Å². The maximum absolute atomic E-state index is 11.5. The Morgan fingerprint density at radius 1 is 1.05 bits per heavy atom. The van der Waals surface area contributed by atoms with Crippen molar-refractivity contribution in [1.82, 2.24) is 5.32 Å². The van der Waals surface area contributed by atoms with E-state index in [0.29, 0.717) is 0 Å². The SMILES string of the molecule is CC(O)C(NC(=O)[C@@H](O)[C@H](O)[C@@H](O)[C@@H](O)CO)C(=O)O. The molecule has 0 aromatic rings. The summed E-state index contributed by atoms with van der Waals surface area (Å²) in [4.78, 5) is 22.2. The summed E-state index contributed by atoms with van der Waals surface area (Å²) >= 11 is 0. The highest BCUT2D eigenvalue weighted by Crippen LogP contribution is 2.06. The van der Waals surface area contributed by atoms with E-state index >= 15 is 0 Å². The molecular formula is C10H19NO9. The third kappa shape index (κ3) is 5.00. The minimum absolute atomic E-state index is 0.919. The Bertz CT molecular complexity index is 335. The second-order valence-corrected chi connectivity index (χ2v) is 4.24. The van der Waals surface area contributed by atoms with E-state index in [1.807, 2.05) is 0 Å². The molecule has 1 amide bonds. The summed E-state index contributed by atoms with van der Waals surface area (Å²) in [6, 6.07) is -1.72. The van der Waals surface area contributed by atoms with Crippen molar-refractivity contribution in [3.05, 3.63) is 0 Å². The standard InChI is InChI=1S/C10H19NO9/c1-3(13)5(10(19)20)11-9(18)8(17)7(16)6(15)4(14)2-12/h3-8,12-17H,2H2,1H3,(H,11,18)(H,19,20)/t3?,4-,5?,6-,7+,8-/m0/s1. The van der Waals surface area contributed by atoms with Crippen LogP contribution < -0.4 is 5.32 Å². The molecule has 0 aliphatic heterocycles. The zero-order valence-corrected chi connectivity index (χ0v) is 10.6. The number of carbonyl (C=O) groups excluding carboxylic acids is 1. The molecule has 0 spiro atoms. The monoisotopic (exact) mass is 297 g/mol. The van der Waals surface area contributed by atoms with Crippen LogP contribution >= 0.6 is 0 Å². The van der Waals surface area contributed by atoms with Crippen LogP contribution in [-0.4, -0.2) is 90.8 Å². The van der Waals surface area contributed by atoms with Gasteiger partial charge in [0.25, 0.3) is 5.91 Å². The maximum atomic E-state index is 11.5. The Morgan fingerprint density at radius 3 is 1.90 bits per heavy atom. The number of aliphatic carboxylic acids is 1. The average molecular weight is 297 g/mol. The minimum atomic E-state index is -2.26. The van der Waals surface area contributed by atoms with Crippen molar-refractivity contribution in [3.63, 3.8) is 0 Å². The van der Waals surface area contributed by atoms with Crippen molar-refractivity contribution in [2.45, 2.75) is 43.5 Å². The number of nitrogens with one attached hydrogen (secondary N) is 1. The van der Waals surface area contributed by atoms with E-state index in [1.54, 1.807) is 5.32 Å². The summed E-state index contributed by atoms with van der Waals surface area (Å²) in [5, 5.41) is 65.3. The molecule has 0 radical (unpaired) electrons. The van der Waals surface area contributed by atoms with Gasteiger partial charge in [-0.3, -0.25) is 4.79 Å². The van der Waals surface area contributed by atoms with Crippen molar-refractivity contribution in [2.24, 2.45) is 0 Å². The zero-order valence-electron chi connectivity index (χ0n) is 10.6. The second kappa shape index (κ2) is 8.09. The lowest BCUT2D eigenvalue weighted by molar-refractivity contribution is -0.154. The predicted molar refractivity (Wildman–Crippen MR) is 62.4 cm³/mol. The van der Waals surface area contributed by atoms with Crippen molar-refractivity contribution in [3.8, 4) is 0 Å². The Morgan fingerprint density at radius 2 is 1.55 bits per heavy atom. The summed E-state index contributed by atoms with van der Waals surface area (Å²) in [6.07, 6.45) is -9.68. The van der Waals surface area contributed by atoms with Gasteiger partial charge in [0.1, 0.15) is 18.3 Å².